The zero-order valence-electron chi connectivity index (χ0n) is 16.1. The van der Waals surface area contributed by atoms with Crippen molar-refractivity contribution in [1.82, 2.24) is 10.4 Å². The fourth-order valence-corrected chi connectivity index (χ4v) is 3.97. The second kappa shape index (κ2) is 9.27. The molecule has 9 heteroatoms. The molecule has 0 saturated carbocycles. The molecular weight excluding hydrogens is 407 g/mol. The third-order valence-corrected chi connectivity index (χ3v) is 5.91. The maximum atomic E-state index is 13.2. The molecule has 154 valence electrons. The van der Waals surface area contributed by atoms with Gasteiger partial charge in [0.05, 0.1) is 16.8 Å². The molecule has 0 aliphatic rings. The number of anilines is 1. The van der Waals surface area contributed by atoms with Gasteiger partial charge in [0, 0.05) is 12.4 Å². The van der Waals surface area contributed by atoms with Crippen LogP contribution < -0.4 is 9.73 Å². The SMILES string of the molecule is Cc1ccc(N(CC(=O)N/N=C\c2ccncc2)S(=O)(=O)c2ccc(F)cc2)cc1. The van der Waals surface area contributed by atoms with Gasteiger partial charge in [0.25, 0.3) is 15.9 Å². The van der Waals surface area contributed by atoms with E-state index in [1.807, 2.05) is 6.92 Å². The van der Waals surface area contributed by atoms with Crippen molar-refractivity contribution in [3.05, 3.63) is 90.0 Å². The Labute approximate surface area is 173 Å². The lowest BCUT2D eigenvalue weighted by Crippen LogP contribution is -2.39. The smallest absolute Gasteiger partial charge is 0.264 e. The summed E-state index contributed by atoms with van der Waals surface area (Å²) in [5, 5.41) is 3.85. The van der Waals surface area contributed by atoms with Gasteiger partial charge in [0.1, 0.15) is 12.4 Å². The van der Waals surface area contributed by atoms with Gasteiger partial charge in [-0.15, -0.1) is 0 Å². The normalized spacial score (nSPS) is 11.4. The molecule has 0 atom stereocenters. The Morgan fingerprint density at radius 2 is 1.70 bits per heavy atom. The predicted molar refractivity (Wildman–Crippen MR) is 112 cm³/mol. The van der Waals surface area contributed by atoms with Crippen molar-refractivity contribution in [1.29, 1.82) is 0 Å². The van der Waals surface area contributed by atoms with Crippen molar-refractivity contribution >= 4 is 27.8 Å². The number of carbonyl (C=O) groups is 1. The second-order valence-electron chi connectivity index (χ2n) is 6.37. The summed E-state index contributed by atoms with van der Waals surface area (Å²) in [5.41, 5.74) is 4.28. The molecule has 0 unspecified atom stereocenters. The Kier molecular flexibility index (Phi) is 6.53. The van der Waals surface area contributed by atoms with Gasteiger partial charge >= 0.3 is 0 Å². The van der Waals surface area contributed by atoms with Crippen molar-refractivity contribution in [2.45, 2.75) is 11.8 Å². The summed E-state index contributed by atoms with van der Waals surface area (Å²) in [6.07, 6.45) is 4.58. The Morgan fingerprint density at radius 1 is 1.07 bits per heavy atom. The highest BCUT2D eigenvalue weighted by atomic mass is 32.2. The highest BCUT2D eigenvalue weighted by Gasteiger charge is 2.27. The Bertz CT molecular complexity index is 1130. The number of hydrogen-bond acceptors (Lipinski definition) is 5. The summed E-state index contributed by atoms with van der Waals surface area (Å²) in [6.45, 7) is 1.36. The number of hydrogen-bond donors (Lipinski definition) is 1. The Balaban J connectivity index is 1.84. The van der Waals surface area contributed by atoms with Crippen LogP contribution in [0.3, 0.4) is 0 Å². The first kappa shape index (κ1) is 21.1. The fraction of sp³-hybridized carbons (Fsp3) is 0.0952. The highest BCUT2D eigenvalue weighted by molar-refractivity contribution is 7.92. The van der Waals surface area contributed by atoms with E-state index < -0.39 is 28.3 Å². The van der Waals surface area contributed by atoms with E-state index in [2.05, 4.69) is 15.5 Å². The van der Waals surface area contributed by atoms with E-state index in [1.165, 1.54) is 6.21 Å². The van der Waals surface area contributed by atoms with Gasteiger partial charge in [0.15, 0.2) is 0 Å². The number of amides is 1. The number of hydrazone groups is 1. The van der Waals surface area contributed by atoms with Crippen molar-refractivity contribution < 1.29 is 17.6 Å². The van der Waals surface area contributed by atoms with E-state index in [0.717, 1.165) is 39.7 Å². The summed E-state index contributed by atoms with van der Waals surface area (Å²) in [4.78, 5) is 16.2. The number of nitrogens with one attached hydrogen (secondary N) is 1. The van der Waals surface area contributed by atoms with E-state index >= 15 is 0 Å². The summed E-state index contributed by atoms with van der Waals surface area (Å²) < 4.78 is 40.5. The molecule has 3 aromatic rings. The molecule has 30 heavy (non-hydrogen) atoms. The quantitative estimate of drug-likeness (QED) is 0.465. The van der Waals surface area contributed by atoms with E-state index in [1.54, 1.807) is 48.8 Å². The van der Waals surface area contributed by atoms with Crippen LogP contribution in [-0.4, -0.2) is 32.1 Å². The monoisotopic (exact) mass is 426 g/mol. The van der Waals surface area contributed by atoms with Crippen LogP contribution in [0.4, 0.5) is 10.1 Å². The number of rotatable bonds is 7. The van der Waals surface area contributed by atoms with E-state index in [0.29, 0.717) is 5.69 Å². The molecule has 1 amide bonds. The number of aryl methyl sites for hydroxylation is 1. The van der Waals surface area contributed by atoms with Crippen molar-refractivity contribution in [3.8, 4) is 0 Å². The van der Waals surface area contributed by atoms with Crippen LogP contribution in [0, 0.1) is 12.7 Å². The van der Waals surface area contributed by atoms with Gasteiger partial charge in [-0.25, -0.2) is 18.2 Å². The first-order valence-corrected chi connectivity index (χ1v) is 10.4. The maximum absolute atomic E-state index is 13.2. The largest absolute Gasteiger partial charge is 0.271 e. The Hall–Kier alpha value is -3.59. The molecule has 0 bridgehead atoms. The van der Waals surface area contributed by atoms with Crippen LogP contribution in [-0.2, 0) is 14.8 Å². The molecule has 0 aliphatic carbocycles. The summed E-state index contributed by atoms with van der Waals surface area (Å²) >= 11 is 0. The van der Waals surface area contributed by atoms with Crippen LogP contribution in [0.25, 0.3) is 0 Å². The number of nitrogens with zero attached hydrogens (tertiary/aromatic N) is 3. The first-order chi connectivity index (χ1) is 14.4. The summed E-state index contributed by atoms with van der Waals surface area (Å²) in [7, 11) is -4.11. The predicted octanol–water partition coefficient (Wildman–Crippen LogP) is 2.87. The van der Waals surface area contributed by atoms with Gasteiger partial charge in [-0.2, -0.15) is 5.10 Å². The average molecular weight is 426 g/mol. The molecule has 1 N–H and O–H groups in total. The zero-order valence-corrected chi connectivity index (χ0v) is 16.9. The fourth-order valence-electron chi connectivity index (χ4n) is 2.55. The lowest BCUT2D eigenvalue weighted by Gasteiger charge is -2.23. The molecule has 7 nitrogen and oxygen atoms in total. The average Bonchev–Trinajstić information content (AvgIpc) is 2.74. The molecule has 0 saturated heterocycles. The van der Waals surface area contributed by atoms with E-state index in [-0.39, 0.29) is 4.90 Å². The van der Waals surface area contributed by atoms with Gasteiger partial charge in [0.2, 0.25) is 0 Å². The van der Waals surface area contributed by atoms with Gasteiger partial charge < -0.3 is 0 Å². The van der Waals surface area contributed by atoms with E-state index in [9.17, 15) is 17.6 Å². The van der Waals surface area contributed by atoms with Crippen molar-refractivity contribution in [2.24, 2.45) is 5.10 Å². The van der Waals surface area contributed by atoms with Gasteiger partial charge in [-0.3, -0.25) is 14.1 Å². The van der Waals surface area contributed by atoms with Crippen LogP contribution in [0.15, 0.2) is 83.1 Å². The first-order valence-electron chi connectivity index (χ1n) is 8.93. The lowest BCUT2D eigenvalue weighted by molar-refractivity contribution is -0.119. The molecule has 0 spiro atoms. The Morgan fingerprint density at radius 3 is 2.33 bits per heavy atom. The number of carbonyl (C=O) groups excluding carboxylic acids is 1. The number of pyridine rings is 1. The molecule has 0 radical (unpaired) electrons. The minimum Gasteiger partial charge on any atom is -0.271 e. The topological polar surface area (TPSA) is 91.7 Å². The summed E-state index contributed by atoms with van der Waals surface area (Å²) in [5.74, 6) is -1.19. The van der Waals surface area contributed by atoms with Crippen LogP contribution in [0.5, 0.6) is 0 Å². The van der Waals surface area contributed by atoms with Crippen molar-refractivity contribution in [2.75, 3.05) is 10.8 Å². The van der Waals surface area contributed by atoms with E-state index in [4.69, 9.17) is 0 Å². The third kappa shape index (κ3) is 5.26. The second-order valence-corrected chi connectivity index (χ2v) is 8.24. The third-order valence-electron chi connectivity index (χ3n) is 4.12. The molecule has 1 heterocycles. The van der Waals surface area contributed by atoms with Crippen LogP contribution in [0.2, 0.25) is 0 Å². The molecule has 1 aromatic heterocycles. The molecule has 3 rings (SSSR count). The van der Waals surface area contributed by atoms with Gasteiger partial charge in [-0.05, 0) is 61.0 Å². The number of halogens is 1. The van der Waals surface area contributed by atoms with Crippen molar-refractivity contribution in [3.63, 3.8) is 0 Å². The van der Waals surface area contributed by atoms with Gasteiger partial charge in [-0.1, -0.05) is 17.7 Å². The molecule has 0 aliphatic heterocycles. The lowest BCUT2D eigenvalue weighted by atomic mass is 10.2. The number of sulfonamides is 1. The maximum Gasteiger partial charge on any atom is 0.264 e. The minimum absolute atomic E-state index is 0.127. The standard InChI is InChI=1S/C21H19FN4O3S/c1-16-2-6-19(7-3-16)26(30(28,29)20-8-4-18(22)5-9-20)15-21(27)25-24-14-17-10-12-23-13-11-17/h2-14H,15H2,1H3,(H,25,27)/b24-14-. The highest BCUT2D eigenvalue weighted by Crippen LogP contribution is 2.24. The van der Waals surface area contributed by atoms with Crippen LogP contribution >= 0.6 is 0 Å². The zero-order chi connectivity index (χ0) is 21.6. The molecular formula is C21H19FN4O3S. The number of aromatic nitrogens is 1. The molecule has 2 aromatic carbocycles. The van der Waals surface area contributed by atoms with Crippen LogP contribution in [0.1, 0.15) is 11.1 Å². The minimum atomic E-state index is -4.11. The number of benzene rings is 2. The molecule has 0 fully saturated rings. The summed E-state index contributed by atoms with van der Waals surface area (Å²) in [6, 6.07) is 14.5.